The van der Waals surface area contributed by atoms with Gasteiger partial charge in [-0.1, -0.05) is 24.8 Å². The molecule has 2 aromatic heterocycles. The van der Waals surface area contributed by atoms with Crippen LogP contribution >= 0.6 is 11.8 Å². The monoisotopic (exact) mass is 397 g/mol. The van der Waals surface area contributed by atoms with Gasteiger partial charge in [-0.05, 0) is 30.7 Å². The highest BCUT2D eigenvalue weighted by Gasteiger charge is 2.17. The number of benzene rings is 1. The lowest BCUT2D eigenvalue weighted by Crippen LogP contribution is -2.14. The first kappa shape index (κ1) is 18.3. The molecule has 1 aromatic carbocycles. The number of nitrogens with one attached hydrogen (secondary N) is 1. The molecule has 0 bridgehead atoms. The SMILES string of the molecule is CCCn1c(SCC(=O)Nc2ccc3c(c2)OCO3)nnc1-c1ccccn1. The molecule has 0 unspecified atom stereocenters. The summed E-state index contributed by atoms with van der Waals surface area (Å²) in [6, 6.07) is 11.0. The summed E-state index contributed by atoms with van der Waals surface area (Å²) in [6.45, 7) is 3.04. The van der Waals surface area contributed by atoms with Gasteiger partial charge in [0.1, 0.15) is 5.69 Å². The molecule has 3 aromatic rings. The molecule has 0 spiro atoms. The summed E-state index contributed by atoms with van der Waals surface area (Å²) < 4.78 is 12.6. The van der Waals surface area contributed by atoms with Gasteiger partial charge in [-0.15, -0.1) is 10.2 Å². The summed E-state index contributed by atoms with van der Waals surface area (Å²) in [4.78, 5) is 16.7. The fourth-order valence-electron chi connectivity index (χ4n) is 2.81. The van der Waals surface area contributed by atoms with Crippen LogP contribution in [0, 0.1) is 0 Å². The number of amides is 1. The Balaban J connectivity index is 1.43. The van der Waals surface area contributed by atoms with Crippen molar-refractivity contribution in [3.8, 4) is 23.0 Å². The van der Waals surface area contributed by atoms with Gasteiger partial charge in [0.15, 0.2) is 22.5 Å². The summed E-state index contributed by atoms with van der Waals surface area (Å²) in [5, 5.41) is 12.1. The molecular formula is C19H19N5O3S. The maximum absolute atomic E-state index is 12.4. The average Bonchev–Trinajstić information content (AvgIpc) is 3.34. The van der Waals surface area contributed by atoms with Crippen LogP contribution < -0.4 is 14.8 Å². The van der Waals surface area contributed by atoms with E-state index in [1.807, 2.05) is 22.8 Å². The molecule has 8 nitrogen and oxygen atoms in total. The number of thioether (sulfide) groups is 1. The van der Waals surface area contributed by atoms with Crippen LogP contribution in [0.3, 0.4) is 0 Å². The highest BCUT2D eigenvalue weighted by molar-refractivity contribution is 7.99. The van der Waals surface area contributed by atoms with Crippen LogP contribution in [0.25, 0.3) is 11.5 Å². The molecule has 0 fully saturated rings. The number of anilines is 1. The van der Waals surface area contributed by atoms with Crippen molar-refractivity contribution in [1.29, 1.82) is 0 Å². The second-order valence-electron chi connectivity index (χ2n) is 6.08. The van der Waals surface area contributed by atoms with Gasteiger partial charge in [0.05, 0.1) is 5.75 Å². The van der Waals surface area contributed by atoms with E-state index < -0.39 is 0 Å². The van der Waals surface area contributed by atoms with Crippen molar-refractivity contribution in [3.05, 3.63) is 42.6 Å². The maximum Gasteiger partial charge on any atom is 0.234 e. The first-order valence-corrected chi connectivity index (χ1v) is 9.90. The molecule has 3 heterocycles. The number of carbonyl (C=O) groups excluding carboxylic acids is 1. The lowest BCUT2D eigenvalue weighted by atomic mass is 10.3. The van der Waals surface area contributed by atoms with Gasteiger partial charge in [0, 0.05) is 24.5 Å². The Morgan fingerprint density at radius 2 is 2.11 bits per heavy atom. The lowest BCUT2D eigenvalue weighted by Gasteiger charge is -2.09. The second-order valence-corrected chi connectivity index (χ2v) is 7.02. The third kappa shape index (κ3) is 3.94. The minimum absolute atomic E-state index is 0.130. The predicted octanol–water partition coefficient (Wildman–Crippen LogP) is 3.21. The Labute approximate surface area is 166 Å². The van der Waals surface area contributed by atoms with E-state index in [0.717, 1.165) is 18.7 Å². The van der Waals surface area contributed by atoms with Crippen LogP contribution in [0.2, 0.25) is 0 Å². The number of ether oxygens (including phenoxy) is 2. The number of rotatable bonds is 7. The van der Waals surface area contributed by atoms with Gasteiger partial charge < -0.3 is 19.4 Å². The van der Waals surface area contributed by atoms with Crippen LogP contribution in [0.15, 0.2) is 47.8 Å². The number of carbonyl (C=O) groups is 1. The minimum Gasteiger partial charge on any atom is -0.454 e. The number of fused-ring (bicyclic) bond motifs is 1. The Morgan fingerprint density at radius 3 is 2.93 bits per heavy atom. The molecule has 0 saturated carbocycles. The molecule has 0 aliphatic carbocycles. The van der Waals surface area contributed by atoms with E-state index in [1.165, 1.54) is 11.8 Å². The van der Waals surface area contributed by atoms with E-state index >= 15 is 0 Å². The van der Waals surface area contributed by atoms with E-state index in [4.69, 9.17) is 9.47 Å². The summed E-state index contributed by atoms with van der Waals surface area (Å²) in [6.07, 6.45) is 2.65. The second kappa shape index (κ2) is 8.30. The molecule has 1 aliphatic rings. The first-order chi connectivity index (χ1) is 13.7. The number of pyridine rings is 1. The van der Waals surface area contributed by atoms with Crippen LogP contribution in [0.4, 0.5) is 5.69 Å². The van der Waals surface area contributed by atoms with Crippen molar-refractivity contribution < 1.29 is 14.3 Å². The van der Waals surface area contributed by atoms with Crippen LogP contribution in [-0.2, 0) is 11.3 Å². The average molecular weight is 397 g/mol. The number of nitrogens with zero attached hydrogens (tertiary/aromatic N) is 4. The molecule has 1 amide bonds. The number of aromatic nitrogens is 4. The highest BCUT2D eigenvalue weighted by Crippen LogP contribution is 2.34. The molecule has 9 heteroatoms. The molecule has 144 valence electrons. The first-order valence-electron chi connectivity index (χ1n) is 8.91. The predicted molar refractivity (Wildman–Crippen MR) is 105 cm³/mol. The summed E-state index contributed by atoms with van der Waals surface area (Å²) >= 11 is 1.35. The summed E-state index contributed by atoms with van der Waals surface area (Å²) in [7, 11) is 0. The Hall–Kier alpha value is -3.07. The smallest absolute Gasteiger partial charge is 0.234 e. The zero-order valence-corrected chi connectivity index (χ0v) is 16.1. The van der Waals surface area contributed by atoms with Crippen LogP contribution in [-0.4, -0.2) is 38.2 Å². The van der Waals surface area contributed by atoms with Crippen molar-refractivity contribution >= 4 is 23.4 Å². The standard InChI is InChI=1S/C19H19N5O3S/c1-2-9-24-18(14-5-3-4-8-20-14)22-23-19(24)28-11-17(25)21-13-6-7-15-16(10-13)27-12-26-15/h3-8,10H,2,9,11-12H2,1H3,(H,21,25). The normalized spacial score (nSPS) is 12.2. The molecule has 1 aliphatic heterocycles. The Morgan fingerprint density at radius 1 is 1.21 bits per heavy atom. The fourth-order valence-corrected chi connectivity index (χ4v) is 3.57. The zero-order valence-electron chi connectivity index (χ0n) is 15.3. The van der Waals surface area contributed by atoms with Gasteiger partial charge in [-0.25, -0.2) is 0 Å². The van der Waals surface area contributed by atoms with E-state index in [-0.39, 0.29) is 18.5 Å². The van der Waals surface area contributed by atoms with Crippen LogP contribution in [0.1, 0.15) is 13.3 Å². The van der Waals surface area contributed by atoms with E-state index in [9.17, 15) is 4.79 Å². The Kier molecular flexibility index (Phi) is 5.43. The molecule has 0 atom stereocenters. The van der Waals surface area contributed by atoms with Gasteiger partial charge >= 0.3 is 0 Å². The topological polar surface area (TPSA) is 91.2 Å². The lowest BCUT2D eigenvalue weighted by molar-refractivity contribution is -0.113. The molecule has 4 rings (SSSR count). The van der Waals surface area contributed by atoms with Gasteiger partial charge in [0.25, 0.3) is 0 Å². The van der Waals surface area contributed by atoms with Gasteiger partial charge in [-0.3, -0.25) is 9.78 Å². The Bertz CT molecular complexity index is 977. The van der Waals surface area contributed by atoms with Gasteiger partial charge in [-0.2, -0.15) is 0 Å². The van der Waals surface area contributed by atoms with Crippen molar-refractivity contribution in [2.24, 2.45) is 0 Å². The van der Waals surface area contributed by atoms with Gasteiger partial charge in [0.2, 0.25) is 12.7 Å². The molecular weight excluding hydrogens is 378 g/mol. The van der Waals surface area contributed by atoms with E-state index in [2.05, 4.69) is 27.4 Å². The van der Waals surface area contributed by atoms with E-state index in [1.54, 1.807) is 24.4 Å². The third-order valence-electron chi connectivity index (χ3n) is 4.05. The van der Waals surface area contributed by atoms with Crippen LogP contribution in [0.5, 0.6) is 11.5 Å². The molecule has 28 heavy (non-hydrogen) atoms. The van der Waals surface area contributed by atoms with Crippen molar-refractivity contribution in [2.45, 2.75) is 25.0 Å². The minimum atomic E-state index is -0.130. The zero-order chi connectivity index (χ0) is 19.3. The molecule has 1 N–H and O–H groups in total. The van der Waals surface area contributed by atoms with Crippen molar-refractivity contribution in [2.75, 3.05) is 17.9 Å². The van der Waals surface area contributed by atoms with Crippen molar-refractivity contribution in [3.63, 3.8) is 0 Å². The fraction of sp³-hybridized carbons (Fsp3) is 0.263. The summed E-state index contributed by atoms with van der Waals surface area (Å²) in [5.41, 5.74) is 1.43. The summed E-state index contributed by atoms with van der Waals surface area (Å²) in [5.74, 6) is 2.11. The quantitative estimate of drug-likeness (QED) is 0.612. The maximum atomic E-state index is 12.4. The largest absolute Gasteiger partial charge is 0.454 e. The highest BCUT2D eigenvalue weighted by atomic mass is 32.2. The van der Waals surface area contributed by atoms with Crippen molar-refractivity contribution in [1.82, 2.24) is 19.7 Å². The third-order valence-corrected chi connectivity index (χ3v) is 5.01. The molecule has 0 radical (unpaired) electrons. The number of hydrogen-bond donors (Lipinski definition) is 1. The molecule has 0 saturated heterocycles. The van der Waals surface area contributed by atoms with E-state index in [0.29, 0.717) is 28.2 Å². The number of hydrogen-bond acceptors (Lipinski definition) is 7.